The quantitative estimate of drug-likeness (QED) is 0.630. The van der Waals surface area contributed by atoms with Gasteiger partial charge in [-0.3, -0.25) is 0 Å². The molecular formula is C8H14N4. The molecule has 0 bridgehead atoms. The maximum absolute atomic E-state index is 5.65. The maximum atomic E-state index is 5.65. The Morgan fingerprint density at radius 3 is 2.92 bits per heavy atom. The van der Waals surface area contributed by atoms with Crippen LogP contribution in [0.5, 0.6) is 0 Å². The Labute approximate surface area is 72.2 Å². The molecule has 0 unspecified atom stereocenters. The molecule has 1 heterocycles. The molecule has 66 valence electrons. The molecule has 0 spiro atoms. The SMILES string of the molecule is CCNc1ccnc(N)c1NC. The van der Waals surface area contributed by atoms with E-state index in [-0.39, 0.29) is 0 Å². The van der Waals surface area contributed by atoms with Crippen molar-refractivity contribution < 1.29 is 0 Å². The molecule has 4 nitrogen and oxygen atoms in total. The Balaban J connectivity index is 3.00. The summed E-state index contributed by atoms with van der Waals surface area (Å²) in [6, 6.07) is 1.89. The second-order valence-electron chi connectivity index (χ2n) is 2.40. The van der Waals surface area contributed by atoms with E-state index in [0.717, 1.165) is 17.9 Å². The Bertz CT molecular complexity index is 259. The number of hydrogen-bond donors (Lipinski definition) is 3. The third-order valence-electron chi connectivity index (χ3n) is 1.60. The van der Waals surface area contributed by atoms with Gasteiger partial charge in [0.15, 0.2) is 0 Å². The van der Waals surface area contributed by atoms with Crippen molar-refractivity contribution >= 4 is 17.2 Å². The van der Waals surface area contributed by atoms with E-state index in [9.17, 15) is 0 Å². The lowest BCUT2D eigenvalue weighted by atomic mass is 10.3. The number of pyridine rings is 1. The fourth-order valence-corrected chi connectivity index (χ4v) is 1.08. The summed E-state index contributed by atoms with van der Waals surface area (Å²) in [5.41, 5.74) is 7.50. The highest BCUT2D eigenvalue weighted by atomic mass is 15.0. The highest BCUT2D eigenvalue weighted by Gasteiger charge is 2.02. The van der Waals surface area contributed by atoms with Crippen LogP contribution in [0.1, 0.15) is 6.92 Å². The third-order valence-corrected chi connectivity index (χ3v) is 1.60. The lowest BCUT2D eigenvalue weighted by molar-refractivity contribution is 1.20. The summed E-state index contributed by atoms with van der Waals surface area (Å²) < 4.78 is 0. The van der Waals surface area contributed by atoms with E-state index in [1.54, 1.807) is 6.20 Å². The van der Waals surface area contributed by atoms with Gasteiger partial charge >= 0.3 is 0 Å². The molecular weight excluding hydrogens is 152 g/mol. The van der Waals surface area contributed by atoms with Crippen molar-refractivity contribution in [2.75, 3.05) is 30.0 Å². The first-order chi connectivity index (χ1) is 5.79. The van der Waals surface area contributed by atoms with Gasteiger partial charge in [0, 0.05) is 19.8 Å². The van der Waals surface area contributed by atoms with E-state index < -0.39 is 0 Å². The highest BCUT2D eigenvalue weighted by Crippen LogP contribution is 2.24. The van der Waals surface area contributed by atoms with Gasteiger partial charge in [-0.2, -0.15) is 0 Å². The normalized spacial score (nSPS) is 9.50. The number of nitrogens with zero attached hydrogens (tertiary/aromatic N) is 1. The molecule has 4 heteroatoms. The van der Waals surface area contributed by atoms with Gasteiger partial charge in [-0.05, 0) is 13.0 Å². The van der Waals surface area contributed by atoms with Crippen LogP contribution in [-0.4, -0.2) is 18.6 Å². The van der Waals surface area contributed by atoms with Gasteiger partial charge < -0.3 is 16.4 Å². The van der Waals surface area contributed by atoms with E-state index in [4.69, 9.17) is 5.73 Å². The van der Waals surface area contributed by atoms with E-state index in [0.29, 0.717) is 5.82 Å². The Hall–Kier alpha value is -1.45. The molecule has 0 saturated carbocycles. The minimum atomic E-state index is 0.524. The molecule has 12 heavy (non-hydrogen) atoms. The first kappa shape index (κ1) is 8.64. The van der Waals surface area contributed by atoms with Crippen LogP contribution in [0.2, 0.25) is 0 Å². The number of hydrogen-bond acceptors (Lipinski definition) is 4. The van der Waals surface area contributed by atoms with Crippen molar-refractivity contribution in [2.45, 2.75) is 6.92 Å². The molecule has 0 saturated heterocycles. The first-order valence-electron chi connectivity index (χ1n) is 3.95. The number of aromatic nitrogens is 1. The fraction of sp³-hybridized carbons (Fsp3) is 0.375. The van der Waals surface area contributed by atoms with Crippen LogP contribution < -0.4 is 16.4 Å². The van der Waals surface area contributed by atoms with Gasteiger partial charge in [-0.1, -0.05) is 0 Å². The predicted octanol–water partition coefficient (Wildman–Crippen LogP) is 1.14. The van der Waals surface area contributed by atoms with Gasteiger partial charge in [0.05, 0.1) is 5.69 Å². The van der Waals surface area contributed by atoms with Crippen molar-refractivity contribution in [3.63, 3.8) is 0 Å². The molecule has 1 rings (SSSR count). The van der Waals surface area contributed by atoms with Gasteiger partial charge in [-0.25, -0.2) is 4.98 Å². The van der Waals surface area contributed by atoms with Crippen molar-refractivity contribution in [1.29, 1.82) is 0 Å². The van der Waals surface area contributed by atoms with Gasteiger partial charge in [0.2, 0.25) is 0 Å². The Morgan fingerprint density at radius 1 is 1.58 bits per heavy atom. The van der Waals surface area contributed by atoms with Crippen LogP contribution in [0.3, 0.4) is 0 Å². The van der Waals surface area contributed by atoms with Crippen molar-refractivity contribution in [3.8, 4) is 0 Å². The average Bonchev–Trinajstić information content (AvgIpc) is 2.05. The summed E-state index contributed by atoms with van der Waals surface area (Å²) in [4.78, 5) is 3.97. The molecule has 1 aromatic heterocycles. The molecule has 0 fully saturated rings. The summed E-state index contributed by atoms with van der Waals surface area (Å²) in [5.74, 6) is 0.524. The average molecular weight is 166 g/mol. The number of nitrogen functional groups attached to an aromatic ring is 1. The number of nitrogens with two attached hydrogens (primary N) is 1. The number of anilines is 3. The summed E-state index contributed by atoms with van der Waals surface area (Å²) in [6.45, 7) is 2.91. The van der Waals surface area contributed by atoms with E-state index in [1.807, 2.05) is 20.0 Å². The molecule has 1 aromatic rings. The standard InChI is InChI=1S/C8H14N4/c1-3-11-6-4-5-12-8(9)7(6)10-2/h4-5,10H,3H2,1-2H3,(H3,9,11,12). The summed E-state index contributed by atoms with van der Waals surface area (Å²) in [5, 5.41) is 6.18. The van der Waals surface area contributed by atoms with Crippen LogP contribution in [0, 0.1) is 0 Å². The van der Waals surface area contributed by atoms with Crippen LogP contribution in [0.4, 0.5) is 17.2 Å². The zero-order chi connectivity index (χ0) is 8.97. The molecule has 4 N–H and O–H groups in total. The van der Waals surface area contributed by atoms with Crippen LogP contribution in [-0.2, 0) is 0 Å². The molecule has 0 radical (unpaired) electrons. The van der Waals surface area contributed by atoms with Gasteiger partial charge in [-0.15, -0.1) is 0 Å². The predicted molar refractivity (Wildman–Crippen MR) is 52.4 cm³/mol. The topological polar surface area (TPSA) is 63.0 Å². The van der Waals surface area contributed by atoms with E-state index in [2.05, 4.69) is 15.6 Å². The summed E-state index contributed by atoms with van der Waals surface area (Å²) in [7, 11) is 1.83. The monoisotopic (exact) mass is 166 g/mol. The van der Waals surface area contributed by atoms with Crippen LogP contribution in [0.25, 0.3) is 0 Å². The van der Waals surface area contributed by atoms with E-state index >= 15 is 0 Å². The Kier molecular flexibility index (Phi) is 2.74. The van der Waals surface area contributed by atoms with Crippen molar-refractivity contribution in [2.24, 2.45) is 0 Å². The molecule has 0 aliphatic heterocycles. The zero-order valence-corrected chi connectivity index (χ0v) is 7.39. The Morgan fingerprint density at radius 2 is 2.33 bits per heavy atom. The molecule has 0 atom stereocenters. The zero-order valence-electron chi connectivity index (χ0n) is 7.39. The molecule has 0 aliphatic carbocycles. The third kappa shape index (κ3) is 1.58. The second-order valence-corrected chi connectivity index (χ2v) is 2.40. The maximum Gasteiger partial charge on any atom is 0.148 e. The molecule has 0 aromatic carbocycles. The summed E-state index contributed by atoms with van der Waals surface area (Å²) >= 11 is 0. The van der Waals surface area contributed by atoms with Gasteiger partial charge in [0.25, 0.3) is 0 Å². The molecule has 0 amide bonds. The van der Waals surface area contributed by atoms with Crippen molar-refractivity contribution in [1.82, 2.24) is 4.98 Å². The highest BCUT2D eigenvalue weighted by molar-refractivity contribution is 5.77. The van der Waals surface area contributed by atoms with Crippen molar-refractivity contribution in [3.05, 3.63) is 12.3 Å². The lowest BCUT2D eigenvalue weighted by Gasteiger charge is -2.10. The summed E-state index contributed by atoms with van der Waals surface area (Å²) in [6.07, 6.45) is 1.69. The lowest BCUT2D eigenvalue weighted by Crippen LogP contribution is -2.05. The smallest absolute Gasteiger partial charge is 0.148 e. The number of nitrogens with one attached hydrogen (secondary N) is 2. The van der Waals surface area contributed by atoms with Crippen LogP contribution >= 0.6 is 0 Å². The first-order valence-corrected chi connectivity index (χ1v) is 3.95. The fourth-order valence-electron chi connectivity index (χ4n) is 1.08. The van der Waals surface area contributed by atoms with Gasteiger partial charge in [0.1, 0.15) is 11.5 Å². The number of rotatable bonds is 3. The van der Waals surface area contributed by atoms with Crippen LogP contribution in [0.15, 0.2) is 12.3 Å². The molecule has 0 aliphatic rings. The minimum absolute atomic E-state index is 0.524. The minimum Gasteiger partial charge on any atom is -0.383 e. The van der Waals surface area contributed by atoms with E-state index in [1.165, 1.54) is 0 Å². The largest absolute Gasteiger partial charge is 0.383 e. The second kappa shape index (κ2) is 3.80.